The Morgan fingerprint density at radius 1 is 1.20 bits per heavy atom. The van der Waals surface area contributed by atoms with Gasteiger partial charge < -0.3 is 0 Å². The Labute approximate surface area is 115 Å². The maximum absolute atomic E-state index is 13.8. The van der Waals surface area contributed by atoms with Crippen LogP contribution in [0.5, 0.6) is 0 Å². The zero-order valence-corrected chi connectivity index (χ0v) is 11.0. The Morgan fingerprint density at radius 3 is 2.50 bits per heavy atom. The van der Waals surface area contributed by atoms with Gasteiger partial charge in [-0.2, -0.15) is 13.2 Å². The van der Waals surface area contributed by atoms with Gasteiger partial charge in [0.1, 0.15) is 5.82 Å². The number of alkyl halides is 3. The van der Waals surface area contributed by atoms with E-state index in [1.807, 2.05) is 0 Å². The van der Waals surface area contributed by atoms with Crippen LogP contribution in [0.3, 0.4) is 0 Å². The van der Waals surface area contributed by atoms with Crippen molar-refractivity contribution in [2.45, 2.75) is 37.9 Å². The molecule has 1 aliphatic carbocycles. The van der Waals surface area contributed by atoms with Gasteiger partial charge in [-0.25, -0.2) is 4.39 Å². The van der Waals surface area contributed by atoms with Gasteiger partial charge >= 0.3 is 6.18 Å². The van der Waals surface area contributed by atoms with Gasteiger partial charge in [0.2, 0.25) is 0 Å². The van der Waals surface area contributed by atoms with E-state index in [9.17, 15) is 17.6 Å². The summed E-state index contributed by atoms with van der Waals surface area (Å²) in [5, 5.41) is 0. The maximum atomic E-state index is 13.8. The summed E-state index contributed by atoms with van der Waals surface area (Å²) in [5.74, 6) is 3.40. The monoisotopic (exact) mass is 290 g/mol. The van der Waals surface area contributed by atoms with Gasteiger partial charge in [0, 0.05) is 5.56 Å². The lowest BCUT2D eigenvalue weighted by atomic mass is 9.76. The minimum Gasteiger partial charge on any atom is -0.271 e. The molecule has 20 heavy (non-hydrogen) atoms. The molecule has 6 heteroatoms. The summed E-state index contributed by atoms with van der Waals surface area (Å²) >= 11 is 0. The third-order valence-electron chi connectivity index (χ3n) is 4.07. The molecule has 1 aromatic carbocycles. The van der Waals surface area contributed by atoms with Crippen LogP contribution in [0.4, 0.5) is 17.6 Å². The predicted octanol–water partition coefficient (Wildman–Crippen LogP) is 3.70. The van der Waals surface area contributed by atoms with E-state index in [2.05, 4.69) is 5.43 Å². The van der Waals surface area contributed by atoms with Crippen LogP contribution in [-0.4, -0.2) is 6.18 Å². The lowest BCUT2D eigenvalue weighted by molar-refractivity contribution is -0.186. The fourth-order valence-electron chi connectivity index (χ4n) is 3.03. The lowest BCUT2D eigenvalue weighted by Gasteiger charge is -2.35. The number of hydrazine groups is 1. The van der Waals surface area contributed by atoms with E-state index in [1.54, 1.807) is 18.2 Å². The summed E-state index contributed by atoms with van der Waals surface area (Å²) in [6, 6.07) is 5.49. The standard InChI is InChI=1S/C14H18F4N2/c15-12-7-2-1-6-11(12)13(20-19)9-4-3-5-10(8-9)14(16,17)18/h1-2,6-7,9-10,13,20H,3-5,8,19H2. The van der Waals surface area contributed by atoms with Crippen molar-refractivity contribution in [1.82, 2.24) is 5.43 Å². The molecule has 0 bridgehead atoms. The molecular formula is C14H18F4N2. The van der Waals surface area contributed by atoms with Gasteiger partial charge in [-0.05, 0) is 31.2 Å². The van der Waals surface area contributed by atoms with Crippen molar-refractivity contribution >= 4 is 0 Å². The fraction of sp³-hybridized carbons (Fsp3) is 0.571. The average molecular weight is 290 g/mol. The number of halogens is 4. The van der Waals surface area contributed by atoms with E-state index in [-0.39, 0.29) is 18.8 Å². The zero-order chi connectivity index (χ0) is 14.8. The predicted molar refractivity (Wildman–Crippen MR) is 68.0 cm³/mol. The first-order valence-corrected chi connectivity index (χ1v) is 6.70. The quantitative estimate of drug-likeness (QED) is 0.506. The highest BCUT2D eigenvalue weighted by molar-refractivity contribution is 5.22. The Bertz CT molecular complexity index is 447. The highest BCUT2D eigenvalue weighted by Gasteiger charge is 2.43. The van der Waals surface area contributed by atoms with Gasteiger partial charge in [0.15, 0.2) is 0 Å². The van der Waals surface area contributed by atoms with Gasteiger partial charge in [-0.1, -0.05) is 24.6 Å². The van der Waals surface area contributed by atoms with Crippen molar-refractivity contribution in [1.29, 1.82) is 0 Å². The van der Waals surface area contributed by atoms with Crippen molar-refractivity contribution in [2.75, 3.05) is 0 Å². The smallest absolute Gasteiger partial charge is 0.271 e. The molecule has 1 saturated carbocycles. The Morgan fingerprint density at radius 2 is 1.90 bits per heavy atom. The summed E-state index contributed by atoms with van der Waals surface area (Å²) < 4.78 is 52.3. The van der Waals surface area contributed by atoms with Gasteiger partial charge in [-0.15, -0.1) is 0 Å². The molecule has 3 N–H and O–H groups in total. The molecule has 0 spiro atoms. The number of nitrogens with one attached hydrogen (secondary N) is 1. The van der Waals surface area contributed by atoms with Crippen LogP contribution in [0.15, 0.2) is 24.3 Å². The Hall–Kier alpha value is -1.14. The van der Waals surface area contributed by atoms with Crippen LogP contribution in [0.1, 0.15) is 37.3 Å². The minimum atomic E-state index is -4.19. The number of hydrogen-bond donors (Lipinski definition) is 2. The second-order valence-corrected chi connectivity index (χ2v) is 5.33. The van der Waals surface area contributed by atoms with Crippen LogP contribution in [0.25, 0.3) is 0 Å². The van der Waals surface area contributed by atoms with Crippen molar-refractivity contribution in [3.8, 4) is 0 Å². The third-order valence-corrected chi connectivity index (χ3v) is 4.07. The topological polar surface area (TPSA) is 38.0 Å². The van der Waals surface area contributed by atoms with Crippen molar-refractivity contribution < 1.29 is 17.6 Å². The number of hydrogen-bond acceptors (Lipinski definition) is 2. The molecule has 0 saturated heterocycles. The summed E-state index contributed by atoms with van der Waals surface area (Å²) in [4.78, 5) is 0. The first kappa shape index (κ1) is 15.3. The van der Waals surface area contributed by atoms with E-state index in [0.29, 0.717) is 18.4 Å². The molecule has 0 amide bonds. The van der Waals surface area contributed by atoms with Crippen molar-refractivity contribution in [2.24, 2.45) is 17.7 Å². The molecule has 1 fully saturated rings. The lowest BCUT2D eigenvalue weighted by Crippen LogP contribution is -2.38. The first-order valence-electron chi connectivity index (χ1n) is 6.70. The number of nitrogens with two attached hydrogens (primary N) is 1. The molecule has 0 heterocycles. The molecule has 112 valence electrons. The Kier molecular flexibility index (Phi) is 4.65. The van der Waals surface area contributed by atoms with Crippen LogP contribution < -0.4 is 11.3 Å². The van der Waals surface area contributed by atoms with E-state index in [1.165, 1.54) is 6.07 Å². The zero-order valence-electron chi connectivity index (χ0n) is 11.0. The van der Waals surface area contributed by atoms with Gasteiger partial charge in [0.05, 0.1) is 12.0 Å². The number of benzene rings is 1. The molecule has 2 rings (SSSR count). The van der Waals surface area contributed by atoms with Crippen LogP contribution in [-0.2, 0) is 0 Å². The summed E-state index contributed by atoms with van der Waals surface area (Å²) in [6.45, 7) is 0. The normalized spacial score (nSPS) is 25.4. The second kappa shape index (κ2) is 6.10. The molecule has 3 unspecified atom stereocenters. The SMILES string of the molecule is NNC(c1ccccc1F)C1CCCC(C(F)(F)F)C1. The molecule has 1 aliphatic rings. The van der Waals surface area contributed by atoms with E-state index in [0.717, 1.165) is 0 Å². The largest absolute Gasteiger partial charge is 0.391 e. The molecule has 1 aromatic rings. The minimum absolute atomic E-state index is 0.00724. The molecule has 0 aliphatic heterocycles. The third kappa shape index (κ3) is 3.30. The van der Waals surface area contributed by atoms with Gasteiger partial charge in [0.25, 0.3) is 0 Å². The molecule has 3 atom stereocenters. The molecule has 2 nitrogen and oxygen atoms in total. The Balaban J connectivity index is 2.18. The number of rotatable bonds is 3. The van der Waals surface area contributed by atoms with Crippen molar-refractivity contribution in [3.05, 3.63) is 35.6 Å². The van der Waals surface area contributed by atoms with E-state index < -0.39 is 24.0 Å². The van der Waals surface area contributed by atoms with Crippen LogP contribution in [0.2, 0.25) is 0 Å². The highest BCUT2D eigenvalue weighted by atomic mass is 19.4. The van der Waals surface area contributed by atoms with Crippen LogP contribution >= 0.6 is 0 Å². The maximum Gasteiger partial charge on any atom is 0.391 e. The summed E-state index contributed by atoms with van der Waals surface area (Å²) in [5.41, 5.74) is 2.83. The first-order chi connectivity index (χ1) is 9.43. The van der Waals surface area contributed by atoms with E-state index in [4.69, 9.17) is 5.84 Å². The van der Waals surface area contributed by atoms with Crippen molar-refractivity contribution in [3.63, 3.8) is 0 Å². The fourth-order valence-corrected chi connectivity index (χ4v) is 3.03. The molecule has 0 aromatic heterocycles. The summed E-state index contributed by atoms with van der Waals surface area (Å²) in [6.07, 6.45) is -2.94. The van der Waals surface area contributed by atoms with Crippen LogP contribution in [0, 0.1) is 17.7 Å². The summed E-state index contributed by atoms with van der Waals surface area (Å²) in [7, 11) is 0. The highest BCUT2D eigenvalue weighted by Crippen LogP contribution is 2.43. The molecule has 0 radical (unpaired) electrons. The second-order valence-electron chi connectivity index (χ2n) is 5.33. The average Bonchev–Trinajstić information content (AvgIpc) is 2.41. The van der Waals surface area contributed by atoms with E-state index >= 15 is 0 Å². The van der Waals surface area contributed by atoms with Gasteiger partial charge in [-0.3, -0.25) is 11.3 Å². The molecular weight excluding hydrogens is 272 g/mol.